The Morgan fingerprint density at radius 1 is 1.26 bits per heavy atom. The first kappa shape index (κ1) is 13.8. The van der Waals surface area contributed by atoms with Crippen LogP contribution in [0.2, 0.25) is 0 Å². The lowest BCUT2D eigenvalue weighted by atomic mass is 10.2. The molecule has 19 heavy (non-hydrogen) atoms. The molecule has 0 saturated carbocycles. The number of benzene rings is 1. The van der Waals surface area contributed by atoms with Gasteiger partial charge in [-0.05, 0) is 31.5 Å². The van der Waals surface area contributed by atoms with Gasteiger partial charge in [0, 0.05) is 4.88 Å². The molecule has 0 aliphatic rings. The Hall–Kier alpha value is -1.59. The highest BCUT2D eigenvalue weighted by Crippen LogP contribution is 2.29. The van der Waals surface area contributed by atoms with Crippen LogP contribution in [0.1, 0.15) is 21.1 Å². The van der Waals surface area contributed by atoms with E-state index in [0.29, 0.717) is 18.1 Å². The van der Waals surface area contributed by atoms with Gasteiger partial charge in [-0.3, -0.25) is 0 Å². The molecule has 0 aliphatic carbocycles. The third kappa shape index (κ3) is 3.24. The largest absolute Gasteiger partial charge is 0.493 e. The number of thiazole rings is 1. The first-order chi connectivity index (χ1) is 9.13. The molecule has 0 atom stereocenters. The number of nitrogens with zero attached hydrogens (tertiary/aromatic N) is 1. The number of aryl methyl sites for hydroxylation is 2. The third-order valence-corrected chi connectivity index (χ3v) is 3.88. The van der Waals surface area contributed by atoms with Crippen molar-refractivity contribution in [2.24, 2.45) is 0 Å². The van der Waals surface area contributed by atoms with Crippen LogP contribution in [-0.4, -0.2) is 17.2 Å². The number of aliphatic hydroxyl groups excluding tert-OH is 1. The topological polar surface area (TPSA) is 51.6 Å². The summed E-state index contributed by atoms with van der Waals surface area (Å²) in [5.74, 6) is 1.28. The fourth-order valence-electron chi connectivity index (χ4n) is 1.67. The van der Waals surface area contributed by atoms with Crippen molar-refractivity contribution in [3.05, 3.63) is 39.3 Å². The van der Waals surface area contributed by atoms with Gasteiger partial charge in [0.15, 0.2) is 11.5 Å². The zero-order chi connectivity index (χ0) is 13.8. The van der Waals surface area contributed by atoms with Gasteiger partial charge in [-0.15, -0.1) is 11.3 Å². The first-order valence-electron chi connectivity index (χ1n) is 5.97. The molecule has 5 heteroatoms. The predicted octanol–water partition coefficient (Wildman–Crippen LogP) is 2.84. The molecule has 0 spiro atoms. The van der Waals surface area contributed by atoms with Crippen LogP contribution >= 0.6 is 11.3 Å². The number of hydrogen-bond donors (Lipinski definition) is 1. The van der Waals surface area contributed by atoms with Crippen LogP contribution in [0.15, 0.2) is 18.2 Å². The SMILES string of the molecule is COc1ccc(CO)cc1OCc1nc(C)c(C)s1. The molecule has 0 bridgehead atoms. The molecule has 2 rings (SSSR count). The quantitative estimate of drug-likeness (QED) is 0.914. The first-order valence-corrected chi connectivity index (χ1v) is 6.79. The van der Waals surface area contributed by atoms with E-state index < -0.39 is 0 Å². The van der Waals surface area contributed by atoms with Crippen molar-refractivity contribution in [1.29, 1.82) is 0 Å². The van der Waals surface area contributed by atoms with Crippen LogP contribution in [0.4, 0.5) is 0 Å². The third-order valence-electron chi connectivity index (χ3n) is 2.83. The monoisotopic (exact) mass is 279 g/mol. The number of methoxy groups -OCH3 is 1. The zero-order valence-electron chi connectivity index (χ0n) is 11.3. The molecule has 102 valence electrons. The lowest BCUT2D eigenvalue weighted by Gasteiger charge is -2.10. The van der Waals surface area contributed by atoms with Crippen LogP contribution in [0.25, 0.3) is 0 Å². The van der Waals surface area contributed by atoms with Crippen molar-refractivity contribution in [1.82, 2.24) is 4.98 Å². The van der Waals surface area contributed by atoms with Crippen molar-refractivity contribution >= 4 is 11.3 Å². The molecule has 1 N–H and O–H groups in total. The summed E-state index contributed by atoms with van der Waals surface area (Å²) >= 11 is 1.63. The summed E-state index contributed by atoms with van der Waals surface area (Å²) in [6.45, 7) is 4.42. The van der Waals surface area contributed by atoms with E-state index in [0.717, 1.165) is 16.3 Å². The van der Waals surface area contributed by atoms with E-state index in [1.165, 1.54) is 4.88 Å². The lowest BCUT2D eigenvalue weighted by molar-refractivity contribution is 0.271. The van der Waals surface area contributed by atoms with Gasteiger partial charge in [0.25, 0.3) is 0 Å². The average Bonchev–Trinajstić information content (AvgIpc) is 2.75. The molecule has 1 heterocycles. The van der Waals surface area contributed by atoms with Crippen molar-refractivity contribution in [3.8, 4) is 11.5 Å². The van der Waals surface area contributed by atoms with E-state index in [1.807, 2.05) is 19.9 Å². The van der Waals surface area contributed by atoms with Gasteiger partial charge >= 0.3 is 0 Å². The summed E-state index contributed by atoms with van der Waals surface area (Å²) in [6.07, 6.45) is 0. The molecule has 0 radical (unpaired) electrons. The summed E-state index contributed by atoms with van der Waals surface area (Å²) < 4.78 is 11.0. The predicted molar refractivity (Wildman–Crippen MR) is 74.8 cm³/mol. The second-order valence-corrected chi connectivity index (χ2v) is 5.47. The maximum atomic E-state index is 9.14. The van der Waals surface area contributed by atoms with E-state index >= 15 is 0 Å². The van der Waals surface area contributed by atoms with Gasteiger partial charge in [0.1, 0.15) is 11.6 Å². The minimum Gasteiger partial charge on any atom is -0.493 e. The Bertz CT molecular complexity index is 546. The highest BCUT2D eigenvalue weighted by atomic mass is 32.1. The number of hydrogen-bond acceptors (Lipinski definition) is 5. The van der Waals surface area contributed by atoms with E-state index in [1.54, 1.807) is 30.6 Å². The molecule has 0 unspecified atom stereocenters. The van der Waals surface area contributed by atoms with E-state index in [2.05, 4.69) is 4.98 Å². The zero-order valence-corrected chi connectivity index (χ0v) is 12.1. The fourth-order valence-corrected chi connectivity index (χ4v) is 2.52. The van der Waals surface area contributed by atoms with Crippen LogP contribution < -0.4 is 9.47 Å². The summed E-state index contributed by atoms with van der Waals surface area (Å²) in [7, 11) is 1.60. The van der Waals surface area contributed by atoms with Gasteiger partial charge in [0.2, 0.25) is 0 Å². The Balaban J connectivity index is 2.13. The standard InChI is InChI=1S/C14H17NO3S/c1-9-10(2)19-14(15-9)8-18-13-6-11(7-16)4-5-12(13)17-3/h4-6,16H,7-8H2,1-3H3. The van der Waals surface area contributed by atoms with Gasteiger partial charge in [-0.2, -0.15) is 0 Å². The van der Waals surface area contributed by atoms with Gasteiger partial charge in [-0.1, -0.05) is 6.07 Å². The molecular weight excluding hydrogens is 262 g/mol. The van der Waals surface area contributed by atoms with Crippen molar-refractivity contribution in [2.75, 3.05) is 7.11 Å². The van der Waals surface area contributed by atoms with Crippen LogP contribution in [0.3, 0.4) is 0 Å². The smallest absolute Gasteiger partial charge is 0.162 e. The molecule has 4 nitrogen and oxygen atoms in total. The maximum Gasteiger partial charge on any atom is 0.162 e. The second kappa shape index (κ2) is 6.04. The van der Waals surface area contributed by atoms with Gasteiger partial charge < -0.3 is 14.6 Å². The number of aromatic nitrogens is 1. The summed E-state index contributed by atoms with van der Waals surface area (Å²) in [6, 6.07) is 5.38. The Morgan fingerprint density at radius 3 is 2.63 bits per heavy atom. The van der Waals surface area contributed by atoms with Crippen molar-refractivity contribution in [2.45, 2.75) is 27.1 Å². The molecule has 2 aromatic rings. The second-order valence-electron chi connectivity index (χ2n) is 4.18. The van der Waals surface area contributed by atoms with Crippen molar-refractivity contribution in [3.63, 3.8) is 0 Å². The summed E-state index contributed by atoms with van der Waals surface area (Å²) in [4.78, 5) is 5.63. The molecule has 1 aromatic carbocycles. The van der Waals surface area contributed by atoms with Crippen LogP contribution in [0, 0.1) is 13.8 Å². The Labute approximate surface area is 116 Å². The normalized spacial score (nSPS) is 10.5. The maximum absolute atomic E-state index is 9.14. The molecule has 0 aliphatic heterocycles. The van der Waals surface area contributed by atoms with Crippen LogP contribution in [-0.2, 0) is 13.2 Å². The average molecular weight is 279 g/mol. The van der Waals surface area contributed by atoms with Gasteiger partial charge in [-0.25, -0.2) is 4.98 Å². The van der Waals surface area contributed by atoms with Crippen molar-refractivity contribution < 1.29 is 14.6 Å². The molecule has 1 aromatic heterocycles. The summed E-state index contributed by atoms with van der Waals surface area (Å²) in [5, 5.41) is 10.1. The van der Waals surface area contributed by atoms with E-state index in [4.69, 9.17) is 14.6 Å². The molecule has 0 fully saturated rings. The molecular formula is C14H17NO3S. The van der Waals surface area contributed by atoms with E-state index in [-0.39, 0.29) is 6.61 Å². The van der Waals surface area contributed by atoms with E-state index in [9.17, 15) is 0 Å². The fraction of sp³-hybridized carbons (Fsp3) is 0.357. The van der Waals surface area contributed by atoms with Gasteiger partial charge in [0.05, 0.1) is 19.4 Å². The summed E-state index contributed by atoms with van der Waals surface area (Å²) in [5.41, 5.74) is 1.84. The number of rotatable bonds is 5. The Morgan fingerprint density at radius 2 is 2.05 bits per heavy atom. The lowest BCUT2D eigenvalue weighted by Crippen LogP contribution is -1.98. The molecule has 0 saturated heterocycles. The number of aliphatic hydroxyl groups is 1. The highest BCUT2D eigenvalue weighted by molar-refractivity contribution is 7.11. The highest BCUT2D eigenvalue weighted by Gasteiger charge is 2.08. The number of ether oxygens (including phenoxy) is 2. The minimum atomic E-state index is -0.0180. The van der Waals surface area contributed by atoms with Crippen LogP contribution in [0.5, 0.6) is 11.5 Å². The Kier molecular flexibility index (Phi) is 4.39. The molecule has 0 amide bonds. The minimum absolute atomic E-state index is 0.0180.